The van der Waals surface area contributed by atoms with Gasteiger partial charge in [-0.15, -0.1) is 0 Å². The number of carbonyl (C=O) groups excluding carboxylic acids is 1. The molecule has 0 fully saturated rings. The summed E-state index contributed by atoms with van der Waals surface area (Å²) in [7, 11) is 0. The standard InChI is InChI=1S/C15H18N4O3/c20-14(21)3-2-12-8-13-10-18(6-1-7-19(13)17-12)15(22)11-4-5-16-9-11/h4-5,8-9,16H,1-3,6-7,10H2,(H,20,21). The van der Waals surface area contributed by atoms with Crippen LogP contribution < -0.4 is 0 Å². The fourth-order valence-corrected chi connectivity index (χ4v) is 2.69. The third kappa shape index (κ3) is 3.03. The van der Waals surface area contributed by atoms with Gasteiger partial charge in [0.15, 0.2) is 0 Å². The summed E-state index contributed by atoms with van der Waals surface area (Å²) in [4.78, 5) is 27.8. The Bertz CT molecular complexity index is 675. The van der Waals surface area contributed by atoms with Gasteiger partial charge in [0, 0.05) is 31.9 Å². The summed E-state index contributed by atoms with van der Waals surface area (Å²) in [6.07, 6.45) is 4.76. The van der Waals surface area contributed by atoms with Crippen molar-refractivity contribution in [3.05, 3.63) is 41.5 Å². The molecule has 3 heterocycles. The highest BCUT2D eigenvalue weighted by molar-refractivity contribution is 5.94. The molecule has 0 saturated heterocycles. The molecule has 7 heteroatoms. The van der Waals surface area contributed by atoms with Crippen molar-refractivity contribution in [1.29, 1.82) is 0 Å². The predicted octanol–water partition coefficient (Wildman–Crippen LogP) is 1.27. The average molecular weight is 302 g/mol. The van der Waals surface area contributed by atoms with E-state index in [9.17, 15) is 9.59 Å². The Morgan fingerprint density at radius 3 is 2.95 bits per heavy atom. The summed E-state index contributed by atoms with van der Waals surface area (Å²) in [5.41, 5.74) is 2.38. The van der Waals surface area contributed by atoms with E-state index in [0.717, 1.165) is 24.4 Å². The molecule has 116 valence electrons. The second kappa shape index (κ2) is 6.05. The van der Waals surface area contributed by atoms with Crippen LogP contribution in [0, 0.1) is 0 Å². The fraction of sp³-hybridized carbons (Fsp3) is 0.400. The van der Waals surface area contributed by atoms with Crippen molar-refractivity contribution in [1.82, 2.24) is 19.7 Å². The molecule has 0 aromatic carbocycles. The molecular weight excluding hydrogens is 284 g/mol. The normalized spacial score (nSPS) is 14.5. The number of fused-ring (bicyclic) bond motifs is 1. The number of carboxylic acid groups (broad SMARTS) is 1. The first-order valence-corrected chi connectivity index (χ1v) is 7.33. The van der Waals surface area contributed by atoms with E-state index in [-0.39, 0.29) is 12.3 Å². The van der Waals surface area contributed by atoms with E-state index in [0.29, 0.717) is 25.1 Å². The molecule has 0 radical (unpaired) electrons. The smallest absolute Gasteiger partial charge is 0.303 e. The van der Waals surface area contributed by atoms with E-state index >= 15 is 0 Å². The van der Waals surface area contributed by atoms with Crippen LogP contribution in [-0.2, 0) is 24.3 Å². The third-order valence-electron chi connectivity index (χ3n) is 3.79. The molecule has 22 heavy (non-hydrogen) atoms. The molecule has 0 atom stereocenters. The number of aromatic amines is 1. The van der Waals surface area contributed by atoms with Crippen molar-refractivity contribution in [2.24, 2.45) is 0 Å². The number of carbonyl (C=O) groups is 2. The number of rotatable bonds is 4. The lowest BCUT2D eigenvalue weighted by Crippen LogP contribution is -2.30. The molecule has 1 amide bonds. The molecule has 0 spiro atoms. The van der Waals surface area contributed by atoms with E-state index in [2.05, 4.69) is 10.1 Å². The van der Waals surface area contributed by atoms with Gasteiger partial charge in [-0.2, -0.15) is 5.10 Å². The lowest BCUT2D eigenvalue weighted by molar-refractivity contribution is -0.136. The molecule has 0 saturated carbocycles. The molecule has 2 aromatic rings. The van der Waals surface area contributed by atoms with Crippen molar-refractivity contribution in [2.45, 2.75) is 32.4 Å². The highest BCUT2D eigenvalue weighted by atomic mass is 16.4. The topological polar surface area (TPSA) is 91.2 Å². The molecule has 0 bridgehead atoms. The van der Waals surface area contributed by atoms with E-state index < -0.39 is 5.97 Å². The number of nitrogens with one attached hydrogen (secondary N) is 1. The Labute approximate surface area is 127 Å². The maximum atomic E-state index is 12.4. The van der Waals surface area contributed by atoms with Gasteiger partial charge in [-0.25, -0.2) is 0 Å². The Morgan fingerprint density at radius 2 is 2.23 bits per heavy atom. The fourth-order valence-electron chi connectivity index (χ4n) is 2.69. The maximum absolute atomic E-state index is 12.4. The lowest BCUT2D eigenvalue weighted by Gasteiger charge is -2.19. The molecule has 3 rings (SSSR count). The van der Waals surface area contributed by atoms with E-state index in [4.69, 9.17) is 5.11 Å². The number of H-pyrrole nitrogens is 1. The zero-order valence-electron chi connectivity index (χ0n) is 12.2. The van der Waals surface area contributed by atoms with Crippen LogP contribution in [0.5, 0.6) is 0 Å². The SMILES string of the molecule is O=C(O)CCc1cc2n(n1)CCCN(C(=O)c1cc[nH]c1)C2. The van der Waals surface area contributed by atoms with Gasteiger partial charge >= 0.3 is 5.97 Å². The van der Waals surface area contributed by atoms with E-state index in [1.165, 1.54) is 0 Å². The van der Waals surface area contributed by atoms with Crippen LogP contribution in [0.2, 0.25) is 0 Å². The number of hydrogen-bond donors (Lipinski definition) is 2. The molecule has 0 aliphatic carbocycles. The van der Waals surface area contributed by atoms with Gasteiger partial charge in [-0.1, -0.05) is 0 Å². The van der Waals surface area contributed by atoms with Crippen LogP contribution in [0.25, 0.3) is 0 Å². The average Bonchev–Trinajstić information content (AvgIpc) is 3.10. The van der Waals surface area contributed by atoms with Gasteiger partial charge < -0.3 is 15.0 Å². The Hall–Kier alpha value is -2.57. The Balaban J connectivity index is 1.74. The summed E-state index contributed by atoms with van der Waals surface area (Å²) in [6.45, 7) is 1.95. The molecular formula is C15H18N4O3. The van der Waals surface area contributed by atoms with Crippen LogP contribution >= 0.6 is 0 Å². The van der Waals surface area contributed by atoms with Crippen molar-refractivity contribution in [3.63, 3.8) is 0 Å². The Kier molecular flexibility index (Phi) is 3.95. The van der Waals surface area contributed by atoms with Crippen LogP contribution in [0.15, 0.2) is 24.5 Å². The lowest BCUT2D eigenvalue weighted by atomic mass is 10.2. The monoisotopic (exact) mass is 302 g/mol. The highest BCUT2D eigenvalue weighted by Crippen LogP contribution is 2.17. The minimum atomic E-state index is -0.826. The van der Waals surface area contributed by atoms with Crippen molar-refractivity contribution in [2.75, 3.05) is 6.54 Å². The van der Waals surface area contributed by atoms with E-state index in [1.54, 1.807) is 18.5 Å². The second-order valence-corrected chi connectivity index (χ2v) is 5.42. The zero-order valence-corrected chi connectivity index (χ0v) is 12.2. The summed E-state index contributed by atoms with van der Waals surface area (Å²) < 4.78 is 1.89. The number of aryl methyl sites for hydroxylation is 2. The van der Waals surface area contributed by atoms with Crippen LogP contribution in [0.1, 0.15) is 34.6 Å². The second-order valence-electron chi connectivity index (χ2n) is 5.42. The first kappa shape index (κ1) is 14.4. The number of amides is 1. The molecule has 2 aromatic heterocycles. The summed E-state index contributed by atoms with van der Waals surface area (Å²) >= 11 is 0. The van der Waals surface area contributed by atoms with Crippen LogP contribution in [0.4, 0.5) is 0 Å². The summed E-state index contributed by atoms with van der Waals surface area (Å²) in [5.74, 6) is -0.824. The number of aromatic nitrogens is 3. The molecule has 1 aliphatic heterocycles. The highest BCUT2D eigenvalue weighted by Gasteiger charge is 2.22. The van der Waals surface area contributed by atoms with Gasteiger partial charge in [0.1, 0.15) is 0 Å². The first-order valence-electron chi connectivity index (χ1n) is 7.33. The van der Waals surface area contributed by atoms with E-state index in [1.807, 2.05) is 15.6 Å². The van der Waals surface area contributed by atoms with Crippen molar-refractivity contribution >= 4 is 11.9 Å². The van der Waals surface area contributed by atoms with Gasteiger partial charge in [-0.05, 0) is 18.6 Å². The van der Waals surface area contributed by atoms with Gasteiger partial charge in [-0.3, -0.25) is 14.3 Å². The van der Waals surface area contributed by atoms with Gasteiger partial charge in [0.05, 0.1) is 29.9 Å². The number of carboxylic acids is 1. The molecule has 7 nitrogen and oxygen atoms in total. The predicted molar refractivity (Wildman–Crippen MR) is 78.3 cm³/mol. The minimum absolute atomic E-state index is 0.00276. The minimum Gasteiger partial charge on any atom is -0.481 e. The van der Waals surface area contributed by atoms with Gasteiger partial charge in [0.25, 0.3) is 5.91 Å². The number of hydrogen-bond acceptors (Lipinski definition) is 3. The number of nitrogens with zero attached hydrogens (tertiary/aromatic N) is 3. The third-order valence-corrected chi connectivity index (χ3v) is 3.79. The summed E-state index contributed by atoms with van der Waals surface area (Å²) in [6, 6.07) is 3.68. The largest absolute Gasteiger partial charge is 0.481 e. The quantitative estimate of drug-likeness (QED) is 0.890. The first-order chi connectivity index (χ1) is 10.6. The molecule has 1 aliphatic rings. The van der Waals surface area contributed by atoms with Crippen LogP contribution in [-0.4, -0.2) is 43.2 Å². The molecule has 0 unspecified atom stereocenters. The van der Waals surface area contributed by atoms with Gasteiger partial charge in [0.2, 0.25) is 0 Å². The zero-order chi connectivity index (χ0) is 15.5. The summed E-state index contributed by atoms with van der Waals surface area (Å²) in [5, 5.41) is 13.2. The van der Waals surface area contributed by atoms with Crippen molar-refractivity contribution < 1.29 is 14.7 Å². The number of aliphatic carboxylic acids is 1. The Morgan fingerprint density at radius 1 is 1.36 bits per heavy atom. The van der Waals surface area contributed by atoms with Crippen LogP contribution in [0.3, 0.4) is 0 Å². The van der Waals surface area contributed by atoms with Crippen molar-refractivity contribution in [3.8, 4) is 0 Å². The molecule has 2 N–H and O–H groups in total. The maximum Gasteiger partial charge on any atom is 0.303 e.